The van der Waals surface area contributed by atoms with Crippen molar-refractivity contribution in [2.24, 2.45) is 5.73 Å². The Hall–Kier alpha value is -2.21. The van der Waals surface area contributed by atoms with E-state index in [0.29, 0.717) is 12.2 Å². The highest BCUT2D eigenvalue weighted by Crippen LogP contribution is 2.24. The van der Waals surface area contributed by atoms with Crippen LogP contribution in [-0.2, 0) is 5.41 Å². The average molecular weight is 260 g/mol. The highest BCUT2D eigenvalue weighted by Gasteiger charge is 2.23. The first-order valence-corrected chi connectivity index (χ1v) is 5.96. The zero-order valence-corrected chi connectivity index (χ0v) is 10.9. The number of hydrogen-bond donors (Lipinski definition) is 1. The zero-order chi connectivity index (χ0) is 14.0. The largest absolute Gasteiger partial charge is 0.330 e. The van der Waals surface area contributed by atoms with Gasteiger partial charge in [0.15, 0.2) is 0 Å². The summed E-state index contributed by atoms with van der Waals surface area (Å²) >= 11 is 0. The minimum atomic E-state index is -0.412. The van der Waals surface area contributed by atoms with Gasteiger partial charge in [-0.3, -0.25) is 10.1 Å². The van der Waals surface area contributed by atoms with E-state index in [9.17, 15) is 10.1 Å². The molecular weight excluding hydrogens is 244 g/mol. The fourth-order valence-corrected chi connectivity index (χ4v) is 1.74. The first-order valence-electron chi connectivity index (χ1n) is 5.96. The van der Waals surface area contributed by atoms with Crippen LogP contribution < -0.4 is 5.73 Å². The van der Waals surface area contributed by atoms with Crippen LogP contribution in [0.5, 0.6) is 0 Å². The van der Waals surface area contributed by atoms with E-state index >= 15 is 0 Å². The molecule has 0 atom stereocenters. The molecule has 0 fully saturated rings. The van der Waals surface area contributed by atoms with Crippen LogP contribution in [0.15, 0.2) is 36.5 Å². The van der Waals surface area contributed by atoms with Gasteiger partial charge in [-0.1, -0.05) is 26.0 Å². The van der Waals surface area contributed by atoms with Gasteiger partial charge in [-0.15, -0.1) is 0 Å². The average Bonchev–Trinajstić information content (AvgIpc) is 2.89. The van der Waals surface area contributed by atoms with Gasteiger partial charge in [-0.2, -0.15) is 5.10 Å². The molecule has 6 nitrogen and oxygen atoms in total. The van der Waals surface area contributed by atoms with E-state index in [4.69, 9.17) is 5.73 Å². The molecule has 0 unspecified atom stereocenters. The molecule has 1 heterocycles. The maximum atomic E-state index is 11.0. The summed E-state index contributed by atoms with van der Waals surface area (Å²) in [4.78, 5) is 10.6. The van der Waals surface area contributed by atoms with Crippen LogP contribution in [0.25, 0.3) is 5.69 Å². The lowest BCUT2D eigenvalue weighted by atomic mass is 9.90. The van der Waals surface area contributed by atoms with E-state index in [2.05, 4.69) is 5.10 Å². The maximum Gasteiger partial charge on any atom is 0.294 e. The highest BCUT2D eigenvalue weighted by atomic mass is 16.6. The van der Waals surface area contributed by atoms with E-state index in [-0.39, 0.29) is 11.1 Å². The molecular formula is C13H16N4O2. The minimum Gasteiger partial charge on any atom is -0.330 e. The summed E-state index contributed by atoms with van der Waals surface area (Å²) in [5, 5.41) is 15.4. The molecule has 0 saturated heterocycles. The summed E-state index contributed by atoms with van der Waals surface area (Å²) in [5.74, 6) is 0. The molecule has 0 aliphatic carbocycles. The SMILES string of the molecule is CC(C)(CN)c1ccn(-c2ccccc2[N+](=O)[O-])n1. The lowest BCUT2D eigenvalue weighted by Gasteiger charge is -2.19. The Kier molecular flexibility index (Phi) is 3.35. The molecule has 0 amide bonds. The van der Waals surface area contributed by atoms with Gasteiger partial charge in [0.05, 0.1) is 10.6 Å². The van der Waals surface area contributed by atoms with Crippen LogP contribution in [0.1, 0.15) is 19.5 Å². The van der Waals surface area contributed by atoms with Crippen molar-refractivity contribution < 1.29 is 4.92 Å². The molecule has 19 heavy (non-hydrogen) atoms. The molecule has 0 saturated carbocycles. The number of aromatic nitrogens is 2. The smallest absolute Gasteiger partial charge is 0.294 e. The number of nitrogens with two attached hydrogens (primary N) is 1. The molecule has 0 radical (unpaired) electrons. The topological polar surface area (TPSA) is 87.0 Å². The number of para-hydroxylation sites is 2. The van der Waals surface area contributed by atoms with Crippen LogP contribution >= 0.6 is 0 Å². The predicted molar refractivity (Wildman–Crippen MR) is 72.3 cm³/mol. The van der Waals surface area contributed by atoms with Crippen molar-refractivity contribution >= 4 is 5.69 Å². The number of nitro groups is 1. The fourth-order valence-electron chi connectivity index (χ4n) is 1.74. The first-order chi connectivity index (χ1) is 8.95. The molecule has 1 aromatic carbocycles. The van der Waals surface area contributed by atoms with Crippen molar-refractivity contribution in [2.75, 3.05) is 6.54 Å². The van der Waals surface area contributed by atoms with Gasteiger partial charge in [0, 0.05) is 24.2 Å². The van der Waals surface area contributed by atoms with E-state index in [1.807, 2.05) is 19.9 Å². The van der Waals surface area contributed by atoms with Crippen LogP contribution in [0.2, 0.25) is 0 Å². The number of benzene rings is 1. The summed E-state index contributed by atoms with van der Waals surface area (Å²) in [6.45, 7) is 4.43. The van der Waals surface area contributed by atoms with Crippen molar-refractivity contribution in [3.63, 3.8) is 0 Å². The molecule has 0 spiro atoms. The van der Waals surface area contributed by atoms with Crippen LogP contribution in [-0.4, -0.2) is 21.2 Å². The third-order valence-electron chi connectivity index (χ3n) is 3.12. The van der Waals surface area contributed by atoms with Gasteiger partial charge in [-0.25, -0.2) is 4.68 Å². The summed E-state index contributed by atoms with van der Waals surface area (Å²) in [6.07, 6.45) is 1.72. The molecule has 2 N–H and O–H groups in total. The summed E-state index contributed by atoms with van der Waals surface area (Å²) in [5.41, 5.74) is 6.75. The van der Waals surface area contributed by atoms with Crippen LogP contribution in [0.3, 0.4) is 0 Å². The number of rotatable bonds is 4. The van der Waals surface area contributed by atoms with Gasteiger partial charge < -0.3 is 5.73 Å². The highest BCUT2D eigenvalue weighted by molar-refractivity contribution is 5.51. The lowest BCUT2D eigenvalue weighted by molar-refractivity contribution is -0.384. The van der Waals surface area contributed by atoms with E-state index in [1.165, 1.54) is 10.7 Å². The second-order valence-electron chi connectivity index (χ2n) is 4.98. The maximum absolute atomic E-state index is 11.0. The molecule has 0 aliphatic rings. The molecule has 100 valence electrons. The molecule has 0 bridgehead atoms. The van der Waals surface area contributed by atoms with Crippen molar-refractivity contribution in [1.29, 1.82) is 0 Å². The number of hydrogen-bond acceptors (Lipinski definition) is 4. The van der Waals surface area contributed by atoms with Crippen molar-refractivity contribution in [1.82, 2.24) is 9.78 Å². The Morgan fingerprint density at radius 3 is 2.68 bits per heavy atom. The van der Waals surface area contributed by atoms with Gasteiger partial charge in [0.2, 0.25) is 0 Å². The number of nitro benzene ring substituents is 1. The second-order valence-corrected chi connectivity index (χ2v) is 4.98. The molecule has 2 aromatic rings. The Bertz CT molecular complexity index is 604. The van der Waals surface area contributed by atoms with Crippen molar-refractivity contribution in [3.05, 3.63) is 52.3 Å². The normalized spacial score (nSPS) is 11.5. The van der Waals surface area contributed by atoms with Gasteiger partial charge in [0.25, 0.3) is 5.69 Å². The molecule has 1 aromatic heterocycles. The third-order valence-corrected chi connectivity index (χ3v) is 3.12. The van der Waals surface area contributed by atoms with Crippen LogP contribution in [0, 0.1) is 10.1 Å². The molecule has 0 aliphatic heterocycles. The molecule has 2 rings (SSSR count). The third kappa shape index (κ3) is 2.48. The molecule has 6 heteroatoms. The Labute approximate surface area is 111 Å². The van der Waals surface area contributed by atoms with E-state index < -0.39 is 4.92 Å². The summed E-state index contributed by atoms with van der Waals surface area (Å²) < 4.78 is 1.52. The monoisotopic (exact) mass is 260 g/mol. The quantitative estimate of drug-likeness (QED) is 0.673. The Morgan fingerprint density at radius 2 is 2.05 bits per heavy atom. The van der Waals surface area contributed by atoms with Gasteiger partial charge in [0.1, 0.15) is 5.69 Å². The predicted octanol–water partition coefficient (Wildman–Crippen LogP) is 2.02. The summed E-state index contributed by atoms with van der Waals surface area (Å²) in [7, 11) is 0. The first kappa shape index (κ1) is 13.2. The standard InChI is InChI=1S/C13H16N4O2/c1-13(2,9-14)12-7-8-16(15-12)10-5-3-4-6-11(10)17(18)19/h3-8H,9,14H2,1-2H3. The van der Waals surface area contributed by atoms with Crippen molar-refractivity contribution in [2.45, 2.75) is 19.3 Å². The fraction of sp³-hybridized carbons (Fsp3) is 0.308. The summed E-state index contributed by atoms with van der Waals surface area (Å²) in [6, 6.07) is 8.35. The van der Waals surface area contributed by atoms with Crippen molar-refractivity contribution in [3.8, 4) is 5.69 Å². The Balaban J connectivity index is 2.47. The van der Waals surface area contributed by atoms with E-state index in [1.54, 1.807) is 24.4 Å². The van der Waals surface area contributed by atoms with Gasteiger partial charge >= 0.3 is 0 Å². The lowest BCUT2D eigenvalue weighted by Crippen LogP contribution is -2.28. The minimum absolute atomic E-state index is 0.0303. The van der Waals surface area contributed by atoms with Crippen LogP contribution in [0.4, 0.5) is 5.69 Å². The van der Waals surface area contributed by atoms with Gasteiger partial charge in [-0.05, 0) is 12.1 Å². The number of nitrogens with zero attached hydrogens (tertiary/aromatic N) is 3. The second kappa shape index (κ2) is 4.81. The zero-order valence-electron chi connectivity index (χ0n) is 10.9. The Morgan fingerprint density at radius 1 is 1.37 bits per heavy atom. The van der Waals surface area contributed by atoms with E-state index in [0.717, 1.165) is 5.69 Å².